The Morgan fingerprint density at radius 1 is 1.50 bits per heavy atom. The minimum Gasteiger partial charge on any atom is -0.330 e. The molecule has 2 rings (SSSR count). The van der Waals surface area contributed by atoms with Crippen LogP contribution in [0.5, 0.6) is 0 Å². The second-order valence-corrected chi connectivity index (χ2v) is 5.70. The molecule has 0 aliphatic rings. The number of thiazole rings is 1. The molecule has 1 heterocycles. The Morgan fingerprint density at radius 2 is 2.27 bits per heavy atom. The average molecular weight is 320 g/mol. The third-order valence-electron chi connectivity index (χ3n) is 2.99. The molecule has 0 atom stereocenters. The van der Waals surface area contributed by atoms with Crippen molar-refractivity contribution < 1.29 is 9.72 Å². The lowest BCUT2D eigenvalue weighted by Gasteiger charge is -2.05. The van der Waals surface area contributed by atoms with E-state index in [1.54, 1.807) is 19.1 Å². The van der Waals surface area contributed by atoms with Gasteiger partial charge in [0, 0.05) is 29.1 Å². The molecule has 0 spiro atoms. The molecule has 0 unspecified atom stereocenters. The van der Waals surface area contributed by atoms with Gasteiger partial charge >= 0.3 is 0 Å². The number of hydrogen-bond donors (Lipinski definition) is 2. The highest BCUT2D eigenvalue weighted by molar-refractivity contribution is 7.09. The van der Waals surface area contributed by atoms with Crippen LogP contribution in [0.1, 0.15) is 16.3 Å². The number of nitrogens with one attached hydrogen (secondary N) is 1. The van der Waals surface area contributed by atoms with Gasteiger partial charge in [0.25, 0.3) is 5.69 Å². The largest absolute Gasteiger partial charge is 0.330 e. The molecule has 1 amide bonds. The summed E-state index contributed by atoms with van der Waals surface area (Å²) in [7, 11) is 0. The number of carbonyl (C=O) groups is 1. The Balaban J connectivity index is 2.02. The lowest BCUT2D eigenvalue weighted by Crippen LogP contribution is -2.15. The quantitative estimate of drug-likeness (QED) is 0.625. The van der Waals surface area contributed by atoms with E-state index in [1.165, 1.54) is 17.4 Å². The summed E-state index contributed by atoms with van der Waals surface area (Å²) in [6, 6.07) is 4.60. The summed E-state index contributed by atoms with van der Waals surface area (Å²) >= 11 is 1.47. The van der Waals surface area contributed by atoms with Crippen LogP contribution in [0.15, 0.2) is 23.6 Å². The number of nitrogens with zero attached hydrogens (tertiary/aromatic N) is 2. The average Bonchev–Trinajstić information content (AvgIpc) is 2.88. The van der Waals surface area contributed by atoms with Gasteiger partial charge < -0.3 is 11.1 Å². The van der Waals surface area contributed by atoms with E-state index < -0.39 is 4.92 Å². The minimum absolute atomic E-state index is 0.0170. The van der Waals surface area contributed by atoms with Crippen molar-refractivity contribution in [3.63, 3.8) is 0 Å². The molecular formula is C14H16N4O3S. The van der Waals surface area contributed by atoms with E-state index in [4.69, 9.17) is 5.73 Å². The number of hydrogen-bond acceptors (Lipinski definition) is 6. The van der Waals surface area contributed by atoms with Gasteiger partial charge in [0.05, 0.1) is 22.0 Å². The lowest BCUT2D eigenvalue weighted by molar-refractivity contribution is -0.385. The molecule has 0 saturated heterocycles. The van der Waals surface area contributed by atoms with E-state index in [0.717, 1.165) is 5.01 Å². The number of carbonyl (C=O) groups excluding carboxylic acids is 1. The van der Waals surface area contributed by atoms with Crippen molar-refractivity contribution in [2.24, 2.45) is 5.73 Å². The first-order valence-electron chi connectivity index (χ1n) is 6.68. The second kappa shape index (κ2) is 7.10. The Labute approximate surface area is 131 Å². The topological polar surface area (TPSA) is 111 Å². The summed E-state index contributed by atoms with van der Waals surface area (Å²) in [5.74, 6) is -0.261. The van der Waals surface area contributed by atoms with Gasteiger partial charge in [-0.3, -0.25) is 14.9 Å². The highest BCUT2D eigenvalue weighted by atomic mass is 32.1. The van der Waals surface area contributed by atoms with Crippen LogP contribution >= 0.6 is 11.3 Å². The first-order valence-corrected chi connectivity index (χ1v) is 7.56. The van der Waals surface area contributed by atoms with Crippen LogP contribution in [0.3, 0.4) is 0 Å². The maximum Gasteiger partial charge on any atom is 0.274 e. The summed E-state index contributed by atoms with van der Waals surface area (Å²) in [5, 5.41) is 16.3. The van der Waals surface area contributed by atoms with Gasteiger partial charge in [-0.1, -0.05) is 6.07 Å². The smallest absolute Gasteiger partial charge is 0.274 e. The summed E-state index contributed by atoms with van der Waals surface area (Å²) < 4.78 is 0. The number of nitro benzene ring substituents is 1. The fraction of sp³-hybridized carbons (Fsp3) is 0.286. The third-order valence-corrected chi connectivity index (χ3v) is 3.95. The van der Waals surface area contributed by atoms with Crippen LogP contribution in [0.25, 0.3) is 0 Å². The fourth-order valence-corrected chi connectivity index (χ4v) is 2.74. The van der Waals surface area contributed by atoms with Gasteiger partial charge in [0.1, 0.15) is 0 Å². The van der Waals surface area contributed by atoms with Crippen LogP contribution in [0.2, 0.25) is 0 Å². The zero-order valence-corrected chi connectivity index (χ0v) is 12.9. The van der Waals surface area contributed by atoms with E-state index in [-0.39, 0.29) is 18.0 Å². The van der Waals surface area contributed by atoms with Crippen molar-refractivity contribution in [1.82, 2.24) is 4.98 Å². The fourth-order valence-electron chi connectivity index (χ4n) is 1.92. The van der Waals surface area contributed by atoms with Crippen molar-refractivity contribution in [1.29, 1.82) is 0 Å². The zero-order chi connectivity index (χ0) is 16.1. The Morgan fingerprint density at radius 3 is 2.95 bits per heavy atom. The lowest BCUT2D eigenvalue weighted by atomic mass is 10.2. The molecular weight excluding hydrogens is 304 g/mol. The number of anilines is 1. The molecule has 0 radical (unpaired) electrons. The molecule has 0 bridgehead atoms. The van der Waals surface area contributed by atoms with E-state index in [9.17, 15) is 14.9 Å². The number of aromatic nitrogens is 1. The summed E-state index contributed by atoms with van der Waals surface area (Å²) in [4.78, 5) is 26.7. The van der Waals surface area contributed by atoms with Crippen LogP contribution in [-0.4, -0.2) is 22.4 Å². The van der Waals surface area contributed by atoms with Crippen molar-refractivity contribution in [2.45, 2.75) is 19.8 Å². The predicted molar refractivity (Wildman–Crippen MR) is 85.0 cm³/mol. The monoisotopic (exact) mass is 320 g/mol. The van der Waals surface area contributed by atoms with Gasteiger partial charge in [-0.15, -0.1) is 11.3 Å². The molecule has 0 fully saturated rings. The molecule has 0 aliphatic heterocycles. The summed E-state index contributed by atoms with van der Waals surface area (Å²) in [6.45, 7) is 2.17. The third kappa shape index (κ3) is 4.09. The first kappa shape index (κ1) is 16.1. The molecule has 1 aromatic carbocycles. The molecule has 0 aliphatic carbocycles. The number of amides is 1. The maximum atomic E-state index is 12.0. The zero-order valence-electron chi connectivity index (χ0n) is 12.0. The first-order chi connectivity index (χ1) is 10.5. The van der Waals surface area contributed by atoms with Crippen molar-refractivity contribution >= 4 is 28.6 Å². The summed E-state index contributed by atoms with van der Waals surface area (Å²) in [6.07, 6.45) is 0.819. The van der Waals surface area contributed by atoms with E-state index in [2.05, 4.69) is 10.3 Å². The van der Waals surface area contributed by atoms with Gasteiger partial charge in [0.15, 0.2) is 0 Å². The summed E-state index contributed by atoms with van der Waals surface area (Å²) in [5.41, 5.74) is 7.07. The molecule has 0 saturated carbocycles. The van der Waals surface area contributed by atoms with Crippen LogP contribution in [0.4, 0.5) is 11.4 Å². The van der Waals surface area contributed by atoms with E-state index in [1.807, 2.05) is 5.38 Å². The molecule has 116 valence electrons. The highest BCUT2D eigenvalue weighted by Gasteiger charge is 2.13. The number of nitrogens with two attached hydrogens (primary N) is 1. The number of nitro groups is 1. The molecule has 7 nitrogen and oxygen atoms in total. The van der Waals surface area contributed by atoms with E-state index in [0.29, 0.717) is 29.9 Å². The molecule has 2 aromatic rings. The molecule has 8 heteroatoms. The van der Waals surface area contributed by atoms with Crippen molar-refractivity contribution in [3.05, 3.63) is 50.0 Å². The van der Waals surface area contributed by atoms with Crippen molar-refractivity contribution in [3.8, 4) is 0 Å². The van der Waals surface area contributed by atoms with Crippen LogP contribution in [0, 0.1) is 17.0 Å². The Hall–Kier alpha value is -2.32. The van der Waals surface area contributed by atoms with Crippen LogP contribution < -0.4 is 11.1 Å². The molecule has 3 N–H and O–H groups in total. The number of benzene rings is 1. The second-order valence-electron chi connectivity index (χ2n) is 4.75. The normalized spacial score (nSPS) is 10.5. The van der Waals surface area contributed by atoms with Gasteiger partial charge in [0.2, 0.25) is 5.91 Å². The van der Waals surface area contributed by atoms with Gasteiger partial charge in [-0.25, -0.2) is 4.98 Å². The Bertz CT molecular complexity index is 699. The van der Waals surface area contributed by atoms with Crippen molar-refractivity contribution in [2.75, 3.05) is 11.9 Å². The molecule has 22 heavy (non-hydrogen) atoms. The SMILES string of the molecule is Cc1ccc(NC(=O)Cc2csc(CCN)n2)cc1[N+](=O)[O-]. The maximum absolute atomic E-state index is 12.0. The Kier molecular flexibility index (Phi) is 5.18. The number of rotatable bonds is 6. The van der Waals surface area contributed by atoms with E-state index >= 15 is 0 Å². The highest BCUT2D eigenvalue weighted by Crippen LogP contribution is 2.22. The predicted octanol–water partition coefficient (Wildman–Crippen LogP) is 2.04. The number of aryl methyl sites for hydroxylation is 1. The standard InChI is InChI=1S/C14H16N4O3S/c1-9-2-3-10(6-12(9)18(20)21)16-13(19)7-11-8-22-14(17-11)4-5-15/h2-3,6,8H,4-5,7,15H2,1H3,(H,16,19). The molecule has 1 aromatic heterocycles. The van der Waals surface area contributed by atoms with Crippen LogP contribution in [-0.2, 0) is 17.6 Å². The van der Waals surface area contributed by atoms with Gasteiger partial charge in [-0.05, 0) is 19.5 Å². The van der Waals surface area contributed by atoms with Gasteiger partial charge in [-0.2, -0.15) is 0 Å². The minimum atomic E-state index is -0.468.